The number of benzene rings is 1. The maximum Gasteiger partial charge on any atom is 0.279 e. The number of para-hydroxylation sites is 1. The van der Waals surface area contributed by atoms with Crippen LogP contribution in [0, 0.1) is 13.8 Å². The Hall–Kier alpha value is -1.93. The van der Waals surface area contributed by atoms with Gasteiger partial charge in [0.15, 0.2) is 22.9 Å². The van der Waals surface area contributed by atoms with Gasteiger partial charge in [0.1, 0.15) is 0 Å². The average Bonchev–Trinajstić information content (AvgIpc) is 2.91. The smallest absolute Gasteiger partial charge is 0.279 e. The molecule has 0 aliphatic carbocycles. The summed E-state index contributed by atoms with van der Waals surface area (Å²) in [6.45, 7) is 6.53. The first-order valence-electron chi connectivity index (χ1n) is 9.30. The number of anilines is 1. The van der Waals surface area contributed by atoms with Crippen LogP contribution >= 0.6 is 0 Å². The van der Waals surface area contributed by atoms with Crippen LogP contribution in [-0.4, -0.2) is 69.4 Å². The lowest BCUT2D eigenvalue weighted by atomic mass is 10.1. The third kappa shape index (κ3) is 5.77. The van der Waals surface area contributed by atoms with E-state index >= 15 is 0 Å². The SMILES string of the molecule is CCN(C(=O)C[NH+](C)CC(=O)Nc1c(C)cccc1C)[C@H]1CCS(=O)(=O)C1. The van der Waals surface area contributed by atoms with Crippen molar-refractivity contribution in [3.8, 4) is 0 Å². The van der Waals surface area contributed by atoms with Crippen LogP contribution in [0.1, 0.15) is 24.5 Å². The van der Waals surface area contributed by atoms with Gasteiger partial charge >= 0.3 is 0 Å². The topological polar surface area (TPSA) is 88.0 Å². The second-order valence-corrected chi connectivity index (χ2v) is 9.59. The maximum atomic E-state index is 12.6. The fraction of sp³-hybridized carbons (Fsp3) is 0.579. The molecule has 1 aromatic carbocycles. The Morgan fingerprint density at radius 2 is 1.85 bits per heavy atom. The van der Waals surface area contributed by atoms with Gasteiger partial charge < -0.3 is 15.1 Å². The van der Waals surface area contributed by atoms with Gasteiger partial charge in [-0.05, 0) is 38.3 Å². The number of carbonyl (C=O) groups is 2. The predicted molar refractivity (Wildman–Crippen MR) is 106 cm³/mol. The van der Waals surface area contributed by atoms with Crippen LogP contribution < -0.4 is 10.2 Å². The van der Waals surface area contributed by atoms with E-state index in [2.05, 4.69) is 5.32 Å². The minimum Gasteiger partial charge on any atom is -0.334 e. The molecule has 2 atom stereocenters. The van der Waals surface area contributed by atoms with Gasteiger partial charge in [0.2, 0.25) is 0 Å². The summed E-state index contributed by atoms with van der Waals surface area (Å²) in [6.07, 6.45) is 0.494. The molecule has 27 heavy (non-hydrogen) atoms. The summed E-state index contributed by atoms with van der Waals surface area (Å²) in [6, 6.07) is 5.58. The van der Waals surface area contributed by atoms with Gasteiger partial charge in [0.25, 0.3) is 11.8 Å². The van der Waals surface area contributed by atoms with Crippen molar-refractivity contribution < 1.29 is 22.9 Å². The first-order chi connectivity index (χ1) is 12.6. The van der Waals surface area contributed by atoms with Gasteiger partial charge in [-0.3, -0.25) is 9.59 Å². The highest BCUT2D eigenvalue weighted by atomic mass is 32.2. The summed E-state index contributed by atoms with van der Waals surface area (Å²) >= 11 is 0. The molecule has 0 radical (unpaired) electrons. The number of sulfone groups is 1. The monoisotopic (exact) mass is 396 g/mol. The molecule has 2 amide bonds. The van der Waals surface area contributed by atoms with E-state index in [1.165, 1.54) is 0 Å². The molecule has 0 aromatic heterocycles. The molecule has 1 unspecified atom stereocenters. The highest BCUT2D eigenvalue weighted by molar-refractivity contribution is 7.91. The largest absolute Gasteiger partial charge is 0.334 e. The van der Waals surface area contributed by atoms with E-state index < -0.39 is 9.84 Å². The van der Waals surface area contributed by atoms with Crippen molar-refractivity contribution >= 4 is 27.3 Å². The molecular formula is C19H30N3O4S+. The van der Waals surface area contributed by atoms with E-state index in [0.29, 0.717) is 13.0 Å². The number of nitrogens with one attached hydrogen (secondary N) is 2. The Morgan fingerprint density at radius 3 is 2.37 bits per heavy atom. The summed E-state index contributed by atoms with van der Waals surface area (Å²) in [5, 5.41) is 2.93. The summed E-state index contributed by atoms with van der Waals surface area (Å²) in [4.78, 5) is 27.4. The number of amides is 2. The van der Waals surface area contributed by atoms with E-state index in [1.807, 2.05) is 39.0 Å². The van der Waals surface area contributed by atoms with Gasteiger partial charge in [-0.15, -0.1) is 0 Å². The second kappa shape index (κ2) is 8.84. The molecule has 1 fully saturated rings. The Morgan fingerprint density at radius 1 is 1.22 bits per heavy atom. The van der Waals surface area contributed by atoms with Gasteiger partial charge in [-0.2, -0.15) is 0 Å². The van der Waals surface area contributed by atoms with Gasteiger partial charge in [0, 0.05) is 18.3 Å². The minimum atomic E-state index is -3.04. The molecule has 1 aromatic rings. The Kier molecular flexibility index (Phi) is 7.00. The second-order valence-electron chi connectivity index (χ2n) is 7.36. The number of hydrogen-bond acceptors (Lipinski definition) is 4. The quantitative estimate of drug-likeness (QED) is 0.668. The van der Waals surface area contributed by atoms with Crippen molar-refractivity contribution in [2.24, 2.45) is 0 Å². The Balaban J connectivity index is 1.91. The number of hydrogen-bond donors (Lipinski definition) is 2. The highest BCUT2D eigenvalue weighted by Gasteiger charge is 2.34. The van der Waals surface area contributed by atoms with E-state index in [0.717, 1.165) is 21.7 Å². The molecule has 2 N–H and O–H groups in total. The molecule has 1 heterocycles. The van der Waals surface area contributed by atoms with Crippen LogP contribution in [0.5, 0.6) is 0 Å². The summed E-state index contributed by atoms with van der Waals surface area (Å²) in [5.41, 5.74) is 2.81. The third-order valence-corrected chi connectivity index (χ3v) is 6.72. The molecule has 8 heteroatoms. The number of aryl methyl sites for hydroxylation is 2. The molecule has 7 nitrogen and oxygen atoms in total. The standard InChI is InChI=1S/C19H29N3O4S/c1-5-22(16-9-10-27(25,26)13-16)18(24)12-21(4)11-17(23)20-19-14(2)7-6-8-15(19)3/h6-8,16H,5,9-13H2,1-4H3,(H,20,23)/p+1/t16-/m0/s1. The number of rotatable bonds is 7. The minimum absolute atomic E-state index is 0.0404. The van der Waals surface area contributed by atoms with Crippen LogP contribution in [-0.2, 0) is 19.4 Å². The zero-order valence-electron chi connectivity index (χ0n) is 16.5. The van der Waals surface area contributed by atoms with Crippen molar-refractivity contribution in [2.75, 3.05) is 43.5 Å². The number of likely N-dealkylation sites (N-methyl/N-ethyl adjacent to an activating group) is 2. The van der Waals surface area contributed by atoms with E-state index in [9.17, 15) is 18.0 Å². The fourth-order valence-corrected chi connectivity index (χ4v) is 5.28. The van der Waals surface area contributed by atoms with Crippen molar-refractivity contribution in [2.45, 2.75) is 33.2 Å². The van der Waals surface area contributed by atoms with E-state index in [4.69, 9.17) is 0 Å². The maximum absolute atomic E-state index is 12.6. The Bertz CT molecular complexity index is 787. The van der Waals surface area contributed by atoms with Crippen LogP contribution in [0.4, 0.5) is 5.69 Å². The lowest BCUT2D eigenvalue weighted by molar-refractivity contribution is -0.862. The first-order valence-corrected chi connectivity index (χ1v) is 11.1. The molecule has 0 saturated carbocycles. The number of quaternary nitrogens is 1. The molecule has 1 saturated heterocycles. The summed E-state index contributed by atoms with van der Waals surface area (Å²) < 4.78 is 23.4. The highest BCUT2D eigenvalue weighted by Crippen LogP contribution is 2.19. The van der Waals surface area contributed by atoms with Crippen molar-refractivity contribution in [3.63, 3.8) is 0 Å². The zero-order chi connectivity index (χ0) is 20.2. The summed E-state index contributed by atoms with van der Waals surface area (Å²) in [5.74, 6) is -0.0813. The van der Waals surface area contributed by atoms with Gasteiger partial charge in [0.05, 0.1) is 18.6 Å². The molecule has 1 aliphatic heterocycles. The molecule has 1 aliphatic rings. The Labute approximate surface area is 161 Å². The average molecular weight is 397 g/mol. The third-order valence-electron chi connectivity index (χ3n) is 4.97. The van der Waals surface area contributed by atoms with Crippen molar-refractivity contribution in [3.05, 3.63) is 29.3 Å². The number of nitrogens with zero attached hydrogens (tertiary/aromatic N) is 1. The molecule has 0 bridgehead atoms. The van der Waals surface area contributed by atoms with Crippen molar-refractivity contribution in [1.29, 1.82) is 0 Å². The first kappa shape index (κ1) is 21.4. The van der Waals surface area contributed by atoms with Crippen molar-refractivity contribution in [1.82, 2.24) is 4.90 Å². The van der Waals surface area contributed by atoms with Crippen LogP contribution in [0.25, 0.3) is 0 Å². The summed E-state index contributed by atoms with van der Waals surface area (Å²) in [7, 11) is -1.25. The molecule has 150 valence electrons. The van der Waals surface area contributed by atoms with Crippen LogP contribution in [0.15, 0.2) is 18.2 Å². The van der Waals surface area contributed by atoms with Crippen LogP contribution in [0.3, 0.4) is 0 Å². The molecular weight excluding hydrogens is 366 g/mol. The fourth-order valence-electron chi connectivity index (χ4n) is 3.55. The van der Waals surface area contributed by atoms with E-state index in [-0.39, 0.29) is 42.5 Å². The normalized spacial score (nSPS) is 19.5. The lowest BCUT2D eigenvalue weighted by Gasteiger charge is -2.27. The van der Waals surface area contributed by atoms with Gasteiger partial charge in [-0.1, -0.05) is 18.2 Å². The van der Waals surface area contributed by atoms with E-state index in [1.54, 1.807) is 11.9 Å². The molecule has 2 rings (SSSR count). The predicted octanol–water partition coefficient (Wildman–Crippen LogP) is -0.208. The molecule has 0 spiro atoms. The lowest BCUT2D eigenvalue weighted by Crippen LogP contribution is -3.11. The zero-order valence-corrected chi connectivity index (χ0v) is 17.4. The number of carbonyl (C=O) groups excluding carboxylic acids is 2. The van der Waals surface area contributed by atoms with Crippen LogP contribution in [0.2, 0.25) is 0 Å². The van der Waals surface area contributed by atoms with Gasteiger partial charge in [-0.25, -0.2) is 8.42 Å².